The summed E-state index contributed by atoms with van der Waals surface area (Å²) in [5.74, 6) is -0.536. The van der Waals surface area contributed by atoms with Crippen LogP contribution in [0.1, 0.15) is 168 Å². The average Bonchev–Trinajstić information content (AvgIpc) is 3.07. The molecule has 0 atom stereocenters. The Kier molecular flexibility index (Phi) is 36.5. The molecule has 0 saturated carbocycles. The van der Waals surface area contributed by atoms with Crippen LogP contribution in [0.5, 0.6) is 0 Å². The summed E-state index contributed by atoms with van der Waals surface area (Å²) >= 11 is 0. The zero-order chi connectivity index (χ0) is 34.5. The lowest BCUT2D eigenvalue weighted by atomic mass is 10.0. The van der Waals surface area contributed by atoms with Crippen molar-refractivity contribution in [1.29, 1.82) is 0 Å². The highest BCUT2D eigenvalue weighted by Crippen LogP contribution is 2.14. The summed E-state index contributed by atoms with van der Waals surface area (Å²) in [5, 5.41) is 3.02. The molecule has 0 spiro atoms. The van der Waals surface area contributed by atoms with Crippen LogP contribution in [0.15, 0.2) is 0 Å². The maximum Gasteiger partial charge on any atom is 0.252 e. The fourth-order valence-corrected chi connectivity index (χ4v) is 5.99. The molecule has 9 nitrogen and oxygen atoms in total. The normalized spacial score (nSPS) is 11.4. The summed E-state index contributed by atoms with van der Waals surface area (Å²) in [5.41, 5.74) is 0. The number of amides is 2. The van der Waals surface area contributed by atoms with Gasteiger partial charge in [-0.15, -0.1) is 0 Å². The number of unbranched alkanes of at least 4 members (excludes halogenated alkanes) is 22. The molecule has 9 heteroatoms. The number of hydrogen-bond donors (Lipinski definition) is 1. The van der Waals surface area contributed by atoms with Crippen molar-refractivity contribution in [3.05, 3.63) is 0 Å². The van der Waals surface area contributed by atoms with Gasteiger partial charge in [0.1, 0.15) is 0 Å². The van der Waals surface area contributed by atoms with E-state index in [0.29, 0.717) is 6.54 Å². The predicted molar refractivity (Wildman–Crippen MR) is 194 cm³/mol. The molecule has 2 amide bonds. The van der Waals surface area contributed by atoms with E-state index in [1.165, 1.54) is 173 Å². The molecular formula is C38H77N3O6. The van der Waals surface area contributed by atoms with E-state index in [4.69, 9.17) is 9.78 Å². The van der Waals surface area contributed by atoms with Gasteiger partial charge < -0.3 is 15.1 Å². The van der Waals surface area contributed by atoms with Crippen LogP contribution in [0, 0.1) is 0 Å². The highest BCUT2D eigenvalue weighted by Gasteiger charge is 2.18. The summed E-state index contributed by atoms with van der Waals surface area (Å²) in [6, 6.07) is 0. The molecule has 0 radical (unpaired) electrons. The van der Waals surface area contributed by atoms with E-state index in [-0.39, 0.29) is 38.1 Å². The first-order chi connectivity index (χ1) is 23.1. The van der Waals surface area contributed by atoms with Crippen molar-refractivity contribution < 1.29 is 29.1 Å². The van der Waals surface area contributed by atoms with Gasteiger partial charge in [-0.3, -0.25) is 9.59 Å². The third kappa shape index (κ3) is 33.0. The zero-order valence-electron chi connectivity index (χ0n) is 31.5. The molecule has 1 N–H and O–H groups in total. The lowest BCUT2D eigenvalue weighted by Gasteiger charge is -2.24. The lowest BCUT2D eigenvalue weighted by molar-refractivity contribution is -0.276. The molecule has 0 unspecified atom stereocenters. The lowest BCUT2D eigenvalue weighted by Crippen LogP contribution is -2.45. The van der Waals surface area contributed by atoms with E-state index in [0.717, 1.165) is 19.6 Å². The Balaban J connectivity index is 4.44. The Morgan fingerprint density at radius 2 is 0.915 bits per heavy atom. The Bertz CT molecular complexity index is 641. The fraction of sp³-hybridized carbons (Fsp3) is 0.947. The van der Waals surface area contributed by atoms with Crippen LogP contribution in [0.2, 0.25) is 0 Å². The topological polar surface area (TPSA) is 89.6 Å². The van der Waals surface area contributed by atoms with Crippen molar-refractivity contribution in [2.24, 2.45) is 0 Å². The van der Waals surface area contributed by atoms with Crippen LogP contribution in [0.4, 0.5) is 0 Å². The number of rotatable bonds is 38. The molecular weight excluding hydrogens is 594 g/mol. The van der Waals surface area contributed by atoms with Crippen LogP contribution in [0.3, 0.4) is 0 Å². The largest absolute Gasteiger partial charge is 0.353 e. The fourth-order valence-electron chi connectivity index (χ4n) is 5.99. The van der Waals surface area contributed by atoms with Crippen molar-refractivity contribution in [3.63, 3.8) is 0 Å². The van der Waals surface area contributed by atoms with Crippen LogP contribution in [-0.2, 0) is 29.1 Å². The van der Waals surface area contributed by atoms with Gasteiger partial charge in [-0.05, 0) is 25.9 Å². The van der Waals surface area contributed by atoms with Gasteiger partial charge in [-0.2, -0.15) is 0 Å². The number of hydrogen-bond acceptors (Lipinski definition) is 7. The van der Waals surface area contributed by atoms with E-state index in [9.17, 15) is 9.59 Å². The predicted octanol–water partition coefficient (Wildman–Crippen LogP) is 8.79. The minimum Gasteiger partial charge on any atom is -0.353 e. The molecule has 0 bridgehead atoms. The molecule has 0 aromatic rings. The highest BCUT2D eigenvalue weighted by atomic mass is 17.2. The Morgan fingerprint density at radius 3 is 1.32 bits per heavy atom. The van der Waals surface area contributed by atoms with Crippen molar-refractivity contribution in [2.45, 2.75) is 168 Å². The Hall–Kier alpha value is -1.26. The molecule has 0 aromatic carbocycles. The van der Waals surface area contributed by atoms with E-state index >= 15 is 0 Å². The van der Waals surface area contributed by atoms with Gasteiger partial charge >= 0.3 is 0 Å². The van der Waals surface area contributed by atoms with Crippen LogP contribution < -0.4 is 5.32 Å². The van der Waals surface area contributed by atoms with Crippen LogP contribution in [-0.4, -0.2) is 88.3 Å². The number of carbonyl (C=O) groups is 2. The Morgan fingerprint density at radius 1 is 0.511 bits per heavy atom. The second-order valence-corrected chi connectivity index (χ2v) is 13.2. The molecule has 0 aliphatic rings. The molecule has 0 aliphatic carbocycles. The monoisotopic (exact) mass is 672 g/mol. The summed E-state index contributed by atoms with van der Waals surface area (Å²) < 4.78 is 0. The second kappa shape index (κ2) is 37.6. The summed E-state index contributed by atoms with van der Waals surface area (Å²) in [6.07, 6.45) is 32.5. The summed E-state index contributed by atoms with van der Waals surface area (Å²) in [6.45, 7) is 8.18. The second-order valence-electron chi connectivity index (χ2n) is 13.2. The minimum absolute atomic E-state index is 0.0591. The quantitative estimate of drug-likeness (QED) is 0.0399. The molecule has 0 fully saturated rings. The van der Waals surface area contributed by atoms with Gasteiger partial charge in [0.2, 0.25) is 5.91 Å². The highest BCUT2D eigenvalue weighted by molar-refractivity contribution is 5.85. The Labute approximate surface area is 290 Å². The molecule has 0 aromatic heterocycles. The third-order valence-corrected chi connectivity index (χ3v) is 8.96. The van der Waals surface area contributed by atoms with E-state index < -0.39 is 0 Å². The zero-order valence-corrected chi connectivity index (χ0v) is 31.5. The first kappa shape index (κ1) is 45.7. The molecule has 0 saturated heterocycles. The van der Waals surface area contributed by atoms with Gasteiger partial charge in [-0.25, -0.2) is 19.6 Å². The molecule has 0 heterocycles. The molecule has 280 valence electrons. The SMILES string of the molecule is CCCCCCCCCCCCCCN(CCCCCCCCCCCCCC)CCNC(=O)CN(CCOOC)C(=O)COOC. The van der Waals surface area contributed by atoms with E-state index in [2.05, 4.69) is 33.8 Å². The number of carbonyl (C=O) groups excluding carboxylic acids is 2. The van der Waals surface area contributed by atoms with Gasteiger partial charge in [0.25, 0.3) is 5.91 Å². The minimum atomic E-state index is -0.345. The van der Waals surface area contributed by atoms with Gasteiger partial charge in [-0.1, -0.05) is 155 Å². The first-order valence-corrected chi connectivity index (χ1v) is 19.7. The van der Waals surface area contributed by atoms with Crippen molar-refractivity contribution in [3.8, 4) is 0 Å². The van der Waals surface area contributed by atoms with Crippen molar-refractivity contribution in [2.75, 3.05) is 66.7 Å². The smallest absolute Gasteiger partial charge is 0.252 e. The summed E-state index contributed by atoms with van der Waals surface area (Å²) in [7, 11) is 2.76. The molecule has 47 heavy (non-hydrogen) atoms. The number of nitrogens with one attached hydrogen (secondary N) is 1. The molecule has 0 aliphatic heterocycles. The van der Waals surface area contributed by atoms with Crippen molar-refractivity contribution in [1.82, 2.24) is 15.1 Å². The first-order valence-electron chi connectivity index (χ1n) is 19.7. The summed E-state index contributed by atoms with van der Waals surface area (Å²) in [4.78, 5) is 47.9. The maximum absolute atomic E-state index is 12.7. The van der Waals surface area contributed by atoms with Gasteiger partial charge in [0, 0.05) is 19.6 Å². The standard InChI is InChI=1S/C38H77N3O6/c1-5-7-9-11-13-15-17-19-21-23-25-27-30-40(31-28-26-24-22-20-18-16-14-12-10-8-6-2)32-29-39-37(42)35-41(33-34-46-44-3)38(43)36-47-45-4/h5-36H2,1-4H3,(H,39,42). The van der Waals surface area contributed by atoms with Crippen LogP contribution >= 0.6 is 0 Å². The number of nitrogens with zero attached hydrogens (tertiary/aromatic N) is 2. The van der Waals surface area contributed by atoms with Crippen molar-refractivity contribution >= 4 is 11.8 Å². The van der Waals surface area contributed by atoms with E-state index in [1.54, 1.807) is 0 Å². The average molecular weight is 672 g/mol. The molecule has 0 rings (SSSR count). The van der Waals surface area contributed by atoms with Gasteiger partial charge in [0.15, 0.2) is 6.61 Å². The third-order valence-electron chi connectivity index (χ3n) is 8.96. The maximum atomic E-state index is 12.7. The van der Waals surface area contributed by atoms with Gasteiger partial charge in [0.05, 0.1) is 27.4 Å². The van der Waals surface area contributed by atoms with E-state index in [1.807, 2.05) is 0 Å². The van der Waals surface area contributed by atoms with Crippen LogP contribution in [0.25, 0.3) is 0 Å².